The molecule has 0 fully saturated rings. The molecule has 0 heterocycles. The predicted molar refractivity (Wildman–Crippen MR) is 72.5 cm³/mol. The Hall–Kier alpha value is -0.330. The average molecular weight is 336 g/mol. The maximum Gasteiger partial charge on any atom is 0.118 e. The van der Waals surface area contributed by atoms with Crippen molar-refractivity contribution >= 4 is 22.6 Å². The minimum absolute atomic E-state index is 0.127. The fourth-order valence-electron chi connectivity index (χ4n) is 1.32. The van der Waals surface area contributed by atoms with Crippen molar-refractivity contribution < 1.29 is 14.2 Å². The molecule has 1 aromatic rings. The number of hydrogen-bond acceptors (Lipinski definition) is 3. The highest BCUT2D eigenvalue weighted by atomic mass is 127. The molecule has 1 unspecified atom stereocenters. The van der Waals surface area contributed by atoms with Crippen LogP contribution < -0.4 is 4.74 Å². The van der Waals surface area contributed by atoms with Crippen LogP contribution in [0.25, 0.3) is 0 Å². The van der Waals surface area contributed by atoms with E-state index >= 15 is 0 Å². The summed E-state index contributed by atoms with van der Waals surface area (Å²) >= 11 is 2.33. The van der Waals surface area contributed by atoms with Crippen LogP contribution in [0.3, 0.4) is 0 Å². The summed E-state index contributed by atoms with van der Waals surface area (Å²) in [4.78, 5) is 0. The van der Waals surface area contributed by atoms with E-state index in [-0.39, 0.29) is 6.10 Å². The van der Waals surface area contributed by atoms with Gasteiger partial charge in [-0.1, -0.05) is 34.7 Å². The van der Waals surface area contributed by atoms with Gasteiger partial charge in [0.05, 0.1) is 26.4 Å². The van der Waals surface area contributed by atoms with Crippen molar-refractivity contribution in [1.82, 2.24) is 0 Å². The second-order valence-electron chi connectivity index (χ2n) is 3.28. The summed E-state index contributed by atoms with van der Waals surface area (Å²) in [7, 11) is 3.34. The van der Waals surface area contributed by atoms with Gasteiger partial charge < -0.3 is 14.2 Å². The van der Waals surface area contributed by atoms with Crippen molar-refractivity contribution in [3.8, 4) is 5.75 Å². The van der Waals surface area contributed by atoms with Gasteiger partial charge in [-0.25, -0.2) is 0 Å². The minimum Gasteiger partial charge on any atom is -0.497 e. The maximum absolute atomic E-state index is 5.72. The zero-order chi connectivity index (χ0) is 11.8. The van der Waals surface area contributed by atoms with Gasteiger partial charge in [-0.2, -0.15) is 0 Å². The number of alkyl halides is 1. The fourth-order valence-corrected chi connectivity index (χ4v) is 2.08. The molecule has 0 bridgehead atoms. The Labute approximate surface area is 110 Å². The lowest BCUT2D eigenvalue weighted by Crippen LogP contribution is -2.10. The van der Waals surface area contributed by atoms with Crippen LogP contribution in [0.5, 0.6) is 5.75 Å². The first-order valence-electron chi connectivity index (χ1n) is 5.12. The van der Waals surface area contributed by atoms with Gasteiger partial charge in [-0.15, -0.1) is 0 Å². The molecule has 4 heteroatoms. The van der Waals surface area contributed by atoms with Gasteiger partial charge in [-0.3, -0.25) is 0 Å². The highest BCUT2D eigenvalue weighted by molar-refractivity contribution is 14.1. The maximum atomic E-state index is 5.72. The van der Waals surface area contributed by atoms with Crippen molar-refractivity contribution in [1.29, 1.82) is 0 Å². The molecule has 16 heavy (non-hydrogen) atoms. The fraction of sp³-hybridized carbons (Fsp3) is 0.500. The van der Waals surface area contributed by atoms with Gasteiger partial charge in [0, 0.05) is 11.5 Å². The third-order valence-corrected chi connectivity index (χ3v) is 3.03. The van der Waals surface area contributed by atoms with Crippen LogP contribution in [0.1, 0.15) is 11.7 Å². The molecule has 1 aromatic carbocycles. The average Bonchev–Trinajstić information content (AvgIpc) is 2.35. The Bertz CT molecular complexity index is 287. The highest BCUT2D eigenvalue weighted by Gasteiger charge is 2.10. The van der Waals surface area contributed by atoms with Gasteiger partial charge in [0.15, 0.2) is 0 Å². The topological polar surface area (TPSA) is 27.7 Å². The summed E-state index contributed by atoms with van der Waals surface area (Å²) in [6.07, 6.45) is 0.127. The summed E-state index contributed by atoms with van der Waals surface area (Å²) < 4.78 is 16.7. The number of halogens is 1. The van der Waals surface area contributed by atoms with E-state index < -0.39 is 0 Å². The molecule has 0 aliphatic rings. The van der Waals surface area contributed by atoms with Gasteiger partial charge in [0.2, 0.25) is 0 Å². The predicted octanol–water partition coefficient (Wildman–Crippen LogP) is 2.83. The SMILES string of the molecule is COCCOC(CI)c1ccc(OC)cc1. The zero-order valence-corrected chi connectivity index (χ0v) is 11.8. The quantitative estimate of drug-likeness (QED) is 0.435. The van der Waals surface area contributed by atoms with Crippen molar-refractivity contribution in [2.24, 2.45) is 0 Å². The molecule has 0 radical (unpaired) electrons. The van der Waals surface area contributed by atoms with E-state index in [4.69, 9.17) is 14.2 Å². The molecule has 0 saturated heterocycles. The molecule has 0 spiro atoms. The minimum atomic E-state index is 0.127. The molecule has 3 nitrogen and oxygen atoms in total. The summed E-state index contributed by atoms with van der Waals surface area (Å²) in [6.45, 7) is 1.25. The van der Waals surface area contributed by atoms with E-state index in [1.165, 1.54) is 5.56 Å². The van der Waals surface area contributed by atoms with Crippen molar-refractivity contribution in [3.63, 3.8) is 0 Å². The van der Waals surface area contributed by atoms with Gasteiger partial charge >= 0.3 is 0 Å². The molecule has 1 atom stereocenters. The molecule has 0 N–H and O–H groups in total. The zero-order valence-electron chi connectivity index (χ0n) is 9.61. The highest BCUT2D eigenvalue weighted by Crippen LogP contribution is 2.22. The van der Waals surface area contributed by atoms with Gasteiger partial charge in [0.25, 0.3) is 0 Å². The summed E-state index contributed by atoms with van der Waals surface area (Å²) in [6, 6.07) is 7.98. The number of methoxy groups -OCH3 is 2. The van der Waals surface area contributed by atoms with E-state index in [0.717, 1.165) is 10.2 Å². The van der Waals surface area contributed by atoms with E-state index in [0.29, 0.717) is 13.2 Å². The van der Waals surface area contributed by atoms with Gasteiger partial charge in [0.1, 0.15) is 5.75 Å². The first-order valence-corrected chi connectivity index (χ1v) is 6.64. The third-order valence-electron chi connectivity index (χ3n) is 2.23. The second-order valence-corrected chi connectivity index (χ2v) is 4.16. The summed E-state index contributed by atoms with van der Waals surface area (Å²) in [5.74, 6) is 0.868. The molecule has 0 aliphatic carbocycles. The lowest BCUT2D eigenvalue weighted by atomic mass is 10.1. The molecule has 0 saturated carbocycles. The Morgan fingerprint density at radius 1 is 1.12 bits per heavy atom. The Morgan fingerprint density at radius 2 is 1.81 bits per heavy atom. The number of ether oxygens (including phenoxy) is 3. The normalized spacial score (nSPS) is 12.4. The Morgan fingerprint density at radius 3 is 2.31 bits per heavy atom. The molecule has 0 aromatic heterocycles. The van der Waals surface area contributed by atoms with Crippen LogP contribution in [-0.4, -0.2) is 31.9 Å². The van der Waals surface area contributed by atoms with Gasteiger partial charge in [-0.05, 0) is 17.7 Å². The van der Waals surface area contributed by atoms with Crippen LogP contribution in [-0.2, 0) is 9.47 Å². The van der Waals surface area contributed by atoms with E-state index in [2.05, 4.69) is 22.6 Å². The molecule has 1 rings (SSSR count). The second kappa shape index (κ2) is 7.86. The van der Waals surface area contributed by atoms with Crippen molar-refractivity contribution in [2.75, 3.05) is 31.9 Å². The van der Waals surface area contributed by atoms with Crippen LogP contribution in [0, 0.1) is 0 Å². The van der Waals surface area contributed by atoms with Crippen LogP contribution in [0.15, 0.2) is 24.3 Å². The first-order chi connectivity index (χ1) is 7.81. The number of benzene rings is 1. The Balaban J connectivity index is 2.56. The lowest BCUT2D eigenvalue weighted by molar-refractivity contribution is 0.0292. The van der Waals surface area contributed by atoms with Crippen LogP contribution in [0.4, 0.5) is 0 Å². The molecule has 0 amide bonds. The summed E-state index contributed by atoms with van der Waals surface area (Å²) in [5, 5.41) is 0. The number of rotatable bonds is 7. The van der Waals surface area contributed by atoms with Crippen LogP contribution in [0.2, 0.25) is 0 Å². The lowest BCUT2D eigenvalue weighted by Gasteiger charge is -2.15. The first kappa shape index (κ1) is 13.7. The molecular formula is C12H17IO3. The summed E-state index contributed by atoms with van der Waals surface area (Å²) in [5.41, 5.74) is 1.17. The van der Waals surface area contributed by atoms with Crippen molar-refractivity contribution in [2.45, 2.75) is 6.10 Å². The monoisotopic (exact) mass is 336 g/mol. The van der Waals surface area contributed by atoms with E-state index in [1.54, 1.807) is 14.2 Å². The molecule has 90 valence electrons. The van der Waals surface area contributed by atoms with E-state index in [9.17, 15) is 0 Å². The molecule has 0 aliphatic heterocycles. The smallest absolute Gasteiger partial charge is 0.118 e. The third kappa shape index (κ3) is 4.27. The van der Waals surface area contributed by atoms with Crippen LogP contribution >= 0.6 is 22.6 Å². The van der Waals surface area contributed by atoms with Crippen molar-refractivity contribution in [3.05, 3.63) is 29.8 Å². The standard InChI is InChI=1S/C12H17IO3/c1-14-7-8-16-12(9-13)10-3-5-11(15-2)6-4-10/h3-6,12H,7-9H2,1-2H3. The number of hydrogen-bond donors (Lipinski definition) is 0. The Kier molecular flexibility index (Phi) is 6.75. The molecular weight excluding hydrogens is 319 g/mol. The largest absolute Gasteiger partial charge is 0.497 e. The van der Waals surface area contributed by atoms with E-state index in [1.807, 2.05) is 24.3 Å².